The molecule has 8 nitrogen and oxygen atoms in total. The number of anilines is 1. The quantitative estimate of drug-likeness (QED) is 0.776. The van der Waals surface area contributed by atoms with Gasteiger partial charge in [0.15, 0.2) is 9.84 Å². The minimum atomic E-state index is -3.85. The Morgan fingerprint density at radius 3 is 2.54 bits per heavy atom. The summed E-state index contributed by atoms with van der Waals surface area (Å²) in [5, 5.41) is 3.58. The minimum absolute atomic E-state index is 0.0369. The van der Waals surface area contributed by atoms with Crippen LogP contribution in [0.15, 0.2) is 46.7 Å². The van der Waals surface area contributed by atoms with E-state index in [2.05, 4.69) is 10.1 Å². The number of hydrogen-bond donors (Lipinski definition) is 1. The van der Waals surface area contributed by atoms with Gasteiger partial charge < -0.3 is 4.74 Å². The fourth-order valence-electron chi connectivity index (χ4n) is 2.99. The molecule has 2 heterocycles. The fourth-order valence-corrected chi connectivity index (χ4v) is 7.56. The third kappa shape index (κ3) is 4.37. The Hall–Kier alpha value is -1.95. The molecule has 0 aliphatic carbocycles. The molecule has 0 unspecified atom stereocenters. The molecule has 1 N–H and O–H groups in total. The molecule has 28 heavy (non-hydrogen) atoms. The number of sulfone groups is 1. The van der Waals surface area contributed by atoms with Crippen LogP contribution in [0.4, 0.5) is 10.5 Å². The molecule has 2 aromatic rings. The number of rotatable bonds is 4. The second kappa shape index (κ2) is 8.19. The largest absolute Gasteiger partial charge is 0.453 e. The van der Waals surface area contributed by atoms with Gasteiger partial charge in [-0.25, -0.2) is 21.6 Å². The van der Waals surface area contributed by atoms with E-state index < -0.39 is 31.2 Å². The number of nitrogens with zero attached hydrogens (tertiary/aromatic N) is 1. The van der Waals surface area contributed by atoms with Gasteiger partial charge in [0.2, 0.25) is 10.0 Å². The topological polar surface area (TPSA) is 110 Å². The smallest absolute Gasteiger partial charge is 0.411 e. The summed E-state index contributed by atoms with van der Waals surface area (Å²) in [6.07, 6.45) is -0.447. The molecule has 0 radical (unpaired) electrons. The molecule has 0 saturated carbocycles. The number of amides is 1. The molecule has 3 rings (SSSR count). The van der Waals surface area contributed by atoms with E-state index in [0.717, 1.165) is 4.88 Å². The van der Waals surface area contributed by atoms with Crippen LogP contribution in [-0.4, -0.2) is 53.2 Å². The Bertz CT molecular complexity index is 1030. The molecule has 0 bridgehead atoms. The average Bonchev–Trinajstić information content (AvgIpc) is 3.13. The van der Waals surface area contributed by atoms with Gasteiger partial charge in [0.05, 0.1) is 23.0 Å². The number of sulfonamides is 1. The number of nitrogens with one attached hydrogen (secondary N) is 1. The van der Waals surface area contributed by atoms with Gasteiger partial charge in [-0.15, -0.1) is 11.3 Å². The Balaban J connectivity index is 1.80. The Morgan fingerprint density at radius 2 is 1.93 bits per heavy atom. The van der Waals surface area contributed by atoms with Crippen molar-refractivity contribution in [3.8, 4) is 0 Å². The third-order valence-electron chi connectivity index (χ3n) is 4.48. The van der Waals surface area contributed by atoms with Crippen LogP contribution in [0.2, 0.25) is 0 Å². The van der Waals surface area contributed by atoms with E-state index in [4.69, 9.17) is 0 Å². The van der Waals surface area contributed by atoms with Gasteiger partial charge in [0.25, 0.3) is 0 Å². The van der Waals surface area contributed by atoms with E-state index in [1.807, 2.05) is 5.38 Å². The standard InChI is InChI=1S/C17H20N2O6S3/c1-25-17(20)18-13-4-6-14(7-5-13)28(23,24)19-9-8-16(15-3-2-11-26-15)27(21,22)12-10-19/h2-7,11,16H,8-10,12H2,1H3,(H,18,20)/t16-/m1/s1. The number of benzene rings is 1. The first kappa shape index (κ1) is 20.8. The summed E-state index contributed by atoms with van der Waals surface area (Å²) in [7, 11) is -6.06. The molecular weight excluding hydrogens is 424 g/mol. The van der Waals surface area contributed by atoms with Gasteiger partial charge in [0.1, 0.15) is 0 Å². The SMILES string of the molecule is COC(=O)Nc1ccc(S(=O)(=O)N2CC[C@H](c3cccs3)S(=O)(=O)CC2)cc1. The number of ether oxygens (including phenoxy) is 1. The molecule has 0 spiro atoms. The first-order valence-electron chi connectivity index (χ1n) is 8.44. The van der Waals surface area contributed by atoms with Crippen LogP contribution in [0.5, 0.6) is 0 Å². The predicted octanol–water partition coefficient (Wildman–Crippen LogP) is 2.48. The summed E-state index contributed by atoms with van der Waals surface area (Å²) in [4.78, 5) is 12.0. The zero-order valence-electron chi connectivity index (χ0n) is 15.1. The van der Waals surface area contributed by atoms with Crippen molar-refractivity contribution in [1.82, 2.24) is 4.31 Å². The van der Waals surface area contributed by atoms with Crippen molar-refractivity contribution < 1.29 is 26.4 Å². The number of carbonyl (C=O) groups excluding carboxylic acids is 1. The van der Waals surface area contributed by atoms with Crippen molar-refractivity contribution in [3.63, 3.8) is 0 Å². The lowest BCUT2D eigenvalue weighted by Crippen LogP contribution is -2.33. The van der Waals surface area contributed by atoms with Crippen LogP contribution in [-0.2, 0) is 24.6 Å². The van der Waals surface area contributed by atoms with Crippen molar-refractivity contribution in [2.75, 3.05) is 31.3 Å². The molecular formula is C17H20N2O6S3. The first-order valence-corrected chi connectivity index (χ1v) is 12.5. The van der Waals surface area contributed by atoms with Gasteiger partial charge in [-0.05, 0) is 42.1 Å². The van der Waals surface area contributed by atoms with Gasteiger partial charge in [-0.1, -0.05) is 6.07 Å². The molecule has 1 amide bonds. The second-order valence-electron chi connectivity index (χ2n) is 6.20. The van der Waals surface area contributed by atoms with Crippen LogP contribution in [0.3, 0.4) is 0 Å². The normalized spacial score (nSPS) is 20.2. The molecule has 1 aliphatic rings. The molecule has 1 atom stereocenters. The van der Waals surface area contributed by atoms with Crippen molar-refractivity contribution in [2.24, 2.45) is 0 Å². The Labute approximate surface area is 168 Å². The number of thiophene rings is 1. The van der Waals surface area contributed by atoms with Crippen molar-refractivity contribution in [1.29, 1.82) is 0 Å². The number of carbonyl (C=O) groups is 1. The highest BCUT2D eigenvalue weighted by atomic mass is 32.2. The van der Waals surface area contributed by atoms with Crippen LogP contribution >= 0.6 is 11.3 Å². The van der Waals surface area contributed by atoms with Crippen molar-refractivity contribution in [2.45, 2.75) is 16.6 Å². The first-order chi connectivity index (χ1) is 13.2. The summed E-state index contributed by atoms with van der Waals surface area (Å²) in [5.74, 6) is -0.225. The zero-order valence-corrected chi connectivity index (χ0v) is 17.5. The maximum absolute atomic E-state index is 13.0. The molecule has 152 valence electrons. The maximum atomic E-state index is 13.0. The van der Waals surface area contributed by atoms with E-state index in [9.17, 15) is 21.6 Å². The third-order valence-corrected chi connectivity index (χ3v) is 9.64. The van der Waals surface area contributed by atoms with E-state index in [1.54, 1.807) is 12.1 Å². The van der Waals surface area contributed by atoms with E-state index in [0.29, 0.717) is 5.69 Å². The summed E-state index contributed by atoms with van der Waals surface area (Å²) < 4.78 is 56.8. The predicted molar refractivity (Wildman–Crippen MR) is 107 cm³/mol. The van der Waals surface area contributed by atoms with Gasteiger partial charge in [-0.3, -0.25) is 5.32 Å². The molecule has 11 heteroatoms. The molecule has 1 saturated heterocycles. The highest BCUT2D eigenvalue weighted by molar-refractivity contribution is 7.92. The second-order valence-corrected chi connectivity index (χ2v) is 11.4. The maximum Gasteiger partial charge on any atom is 0.411 e. The van der Waals surface area contributed by atoms with Crippen molar-refractivity contribution >= 4 is 43.0 Å². The van der Waals surface area contributed by atoms with Crippen LogP contribution in [0.1, 0.15) is 16.5 Å². The summed E-state index contributed by atoms with van der Waals surface area (Å²) in [6, 6.07) is 9.20. The molecule has 1 fully saturated rings. The minimum Gasteiger partial charge on any atom is -0.453 e. The lowest BCUT2D eigenvalue weighted by molar-refractivity contribution is 0.187. The fraction of sp³-hybridized carbons (Fsp3) is 0.353. The molecule has 1 aliphatic heterocycles. The Morgan fingerprint density at radius 1 is 1.21 bits per heavy atom. The lowest BCUT2D eigenvalue weighted by atomic mass is 10.2. The van der Waals surface area contributed by atoms with Gasteiger partial charge >= 0.3 is 6.09 Å². The highest BCUT2D eigenvalue weighted by Crippen LogP contribution is 2.33. The number of hydrogen-bond acceptors (Lipinski definition) is 7. The monoisotopic (exact) mass is 444 g/mol. The van der Waals surface area contributed by atoms with E-state index in [-0.39, 0.29) is 30.2 Å². The lowest BCUT2D eigenvalue weighted by Gasteiger charge is -2.19. The van der Waals surface area contributed by atoms with Gasteiger partial charge in [0, 0.05) is 23.7 Å². The molecule has 1 aromatic heterocycles. The van der Waals surface area contributed by atoms with Crippen molar-refractivity contribution in [3.05, 3.63) is 46.7 Å². The zero-order chi connectivity index (χ0) is 20.4. The number of methoxy groups -OCH3 is 1. The van der Waals surface area contributed by atoms with Crippen LogP contribution in [0.25, 0.3) is 0 Å². The summed E-state index contributed by atoms with van der Waals surface area (Å²) in [5.41, 5.74) is 0.391. The van der Waals surface area contributed by atoms with Crippen LogP contribution in [0, 0.1) is 0 Å². The molecule has 1 aromatic carbocycles. The van der Waals surface area contributed by atoms with E-state index in [1.165, 1.54) is 47.0 Å². The summed E-state index contributed by atoms with van der Waals surface area (Å²) in [6.45, 7) is 0.0288. The van der Waals surface area contributed by atoms with E-state index >= 15 is 0 Å². The van der Waals surface area contributed by atoms with Crippen LogP contribution < -0.4 is 5.32 Å². The van der Waals surface area contributed by atoms with Gasteiger partial charge in [-0.2, -0.15) is 4.31 Å². The Kier molecular flexibility index (Phi) is 6.08. The average molecular weight is 445 g/mol. The highest BCUT2D eigenvalue weighted by Gasteiger charge is 2.36. The summed E-state index contributed by atoms with van der Waals surface area (Å²) >= 11 is 1.36.